The molecule has 28 heavy (non-hydrogen) atoms. The summed E-state index contributed by atoms with van der Waals surface area (Å²) in [5.74, 6) is 2.03. The third-order valence-corrected chi connectivity index (χ3v) is 3.87. The second kappa shape index (κ2) is 11.0. The molecule has 1 N–H and O–H groups in total. The number of nitrogens with one attached hydrogen (secondary N) is 1. The quantitative estimate of drug-likeness (QED) is 0.494. The summed E-state index contributed by atoms with van der Waals surface area (Å²) in [5, 5.41) is 3.99. The van der Waals surface area contributed by atoms with Gasteiger partial charge in [-0.05, 0) is 55.2 Å². The zero-order chi connectivity index (χ0) is 20.4. The average molecular weight is 384 g/mol. The highest BCUT2D eigenvalue weighted by molar-refractivity contribution is 5.83. The number of hydrogen-bond donors (Lipinski definition) is 1. The van der Waals surface area contributed by atoms with E-state index in [4.69, 9.17) is 14.2 Å². The fourth-order valence-corrected chi connectivity index (χ4v) is 2.59. The van der Waals surface area contributed by atoms with Crippen molar-refractivity contribution >= 4 is 12.1 Å². The van der Waals surface area contributed by atoms with Crippen LogP contribution in [0.25, 0.3) is 0 Å². The SMILES string of the molecule is CCOc1ccc(/C=N/NC(=O)COc2ccccc2C(C)C)cc1OCC. The number of ether oxygens (including phenoxy) is 3. The van der Waals surface area contributed by atoms with E-state index in [0.29, 0.717) is 36.4 Å². The maximum absolute atomic E-state index is 12.0. The highest BCUT2D eigenvalue weighted by Gasteiger charge is 2.09. The fourth-order valence-electron chi connectivity index (χ4n) is 2.59. The van der Waals surface area contributed by atoms with Crippen molar-refractivity contribution in [1.29, 1.82) is 0 Å². The van der Waals surface area contributed by atoms with Crippen molar-refractivity contribution in [3.05, 3.63) is 53.6 Å². The number of carbonyl (C=O) groups is 1. The molecule has 0 spiro atoms. The maximum Gasteiger partial charge on any atom is 0.277 e. The molecule has 0 saturated carbocycles. The maximum atomic E-state index is 12.0. The highest BCUT2D eigenvalue weighted by atomic mass is 16.5. The minimum Gasteiger partial charge on any atom is -0.490 e. The lowest BCUT2D eigenvalue weighted by molar-refractivity contribution is -0.123. The standard InChI is InChI=1S/C22H28N2O4/c1-5-26-20-12-11-17(13-21(20)27-6-2)14-23-24-22(25)15-28-19-10-8-7-9-18(19)16(3)4/h7-14,16H,5-6,15H2,1-4H3,(H,24,25)/b23-14+. The summed E-state index contributed by atoms with van der Waals surface area (Å²) in [5.41, 5.74) is 4.33. The van der Waals surface area contributed by atoms with E-state index in [2.05, 4.69) is 24.4 Å². The van der Waals surface area contributed by atoms with Crippen LogP contribution in [0.5, 0.6) is 17.2 Å². The van der Waals surface area contributed by atoms with Crippen LogP contribution in [0, 0.1) is 0 Å². The Balaban J connectivity index is 1.92. The van der Waals surface area contributed by atoms with Gasteiger partial charge in [0, 0.05) is 0 Å². The first-order chi connectivity index (χ1) is 13.5. The van der Waals surface area contributed by atoms with Crippen molar-refractivity contribution in [3.63, 3.8) is 0 Å². The summed E-state index contributed by atoms with van der Waals surface area (Å²) in [6, 6.07) is 13.2. The predicted octanol–water partition coefficient (Wildman–Crippen LogP) is 4.14. The number of hydrazone groups is 1. The summed E-state index contributed by atoms with van der Waals surface area (Å²) in [6.45, 7) is 8.99. The van der Waals surface area contributed by atoms with Gasteiger partial charge in [-0.3, -0.25) is 4.79 Å². The zero-order valence-electron chi connectivity index (χ0n) is 16.9. The normalized spacial score (nSPS) is 10.9. The van der Waals surface area contributed by atoms with E-state index in [0.717, 1.165) is 11.1 Å². The molecule has 0 fully saturated rings. The van der Waals surface area contributed by atoms with Crippen molar-refractivity contribution in [2.75, 3.05) is 19.8 Å². The van der Waals surface area contributed by atoms with Crippen molar-refractivity contribution < 1.29 is 19.0 Å². The summed E-state index contributed by atoms with van der Waals surface area (Å²) in [4.78, 5) is 12.0. The third kappa shape index (κ3) is 6.30. The molecule has 0 heterocycles. The van der Waals surface area contributed by atoms with E-state index in [1.54, 1.807) is 6.21 Å². The summed E-state index contributed by atoms with van der Waals surface area (Å²) >= 11 is 0. The molecule has 0 aliphatic heterocycles. The Morgan fingerprint density at radius 2 is 1.71 bits per heavy atom. The van der Waals surface area contributed by atoms with Gasteiger partial charge in [0.1, 0.15) is 5.75 Å². The minimum atomic E-state index is -0.328. The van der Waals surface area contributed by atoms with Gasteiger partial charge in [0.05, 0.1) is 19.4 Å². The molecule has 6 nitrogen and oxygen atoms in total. The van der Waals surface area contributed by atoms with E-state index < -0.39 is 0 Å². The van der Waals surface area contributed by atoms with Crippen molar-refractivity contribution in [2.24, 2.45) is 5.10 Å². The fraction of sp³-hybridized carbons (Fsp3) is 0.364. The van der Waals surface area contributed by atoms with E-state index in [1.807, 2.05) is 56.3 Å². The molecule has 0 atom stereocenters. The van der Waals surface area contributed by atoms with Crippen molar-refractivity contribution in [3.8, 4) is 17.2 Å². The van der Waals surface area contributed by atoms with Gasteiger partial charge in [-0.1, -0.05) is 32.0 Å². The second-order valence-corrected chi connectivity index (χ2v) is 6.35. The molecule has 150 valence electrons. The van der Waals surface area contributed by atoms with E-state index >= 15 is 0 Å². The van der Waals surface area contributed by atoms with E-state index in [1.165, 1.54) is 0 Å². The molecule has 0 bridgehead atoms. The Morgan fingerprint density at radius 3 is 2.43 bits per heavy atom. The Bertz CT molecular complexity index is 803. The largest absolute Gasteiger partial charge is 0.490 e. The molecule has 0 aliphatic carbocycles. The van der Waals surface area contributed by atoms with Gasteiger partial charge >= 0.3 is 0 Å². The lowest BCUT2D eigenvalue weighted by Crippen LogP contribution is -2.24. The van der Waals surface area contributed by atoms with E-state index in [9.17, 15) is 4.79 Å². The Labute approximate surface area is 166 Å². The lowest BCUT2D eigenvalue weighted by Gasteiger charge is -2.13. The van der Waals surface area contributed by atoms with Crippen LogP contribution < -0.4 is 19.6 Å². The Morgan fingerprint density at radius 1 is 1.00 bits per heavy atom. The molecule has 2 aromatic rings. The van der Waals surface area contributed by atoms with Crippen LogP contribution in [0.1, 0.15) is 44.7 Å². The number of amides is 1. The summed E-state index contributed by atoms with van der Waals surface area (Å²) in [6.07, 6.45) is 1.55. The highest BCUT2D eigenvalue weighted by Crippen LogP contribution is 2.28. The molecule has 1 amide bonds. The van der Waals surface area contributed by atoms with Gasteiger partial charge in [0.2, 0.25) is 0 Å². The third-order valence-electron chi connectivity index (χ3n) is 3.87. The topological polar surface area (TPSA) is 69.2 Å². The smallest absolute Gasteiger partial charge is 0.277 e. The van der Waals surface area contributed by atoms with E-state index in [-0.39, 0.29) is 12.5 Å². The monoisotopic (exact) mass is 384 g/mol. The summed E-state index contributed by atoms with van der Waals surface area (Å²) < 4.78 is 16.7. The molecule has 6 heteroatoms. The van der Waals surface area contributed by atoms with Crippen molar-refractivity contribution in [1.82, 2.24) is 5.43 Å². The second-order valence-electron chi connectivity index (χ2n) is 6.35. The molecule has 2 aromatic carbocycles. The van der Waals surface area contributed by atoms with Gasteiger partial charge in [0.25, 0.3) is 5.91 Å². The number of benzene rings is 2. The lowest BCUT2D eigenvalue weighted by atomic mass is 10.0. The van der Waals surface area contributed by atoms with Crippen LogP contribution in [0.3, 0.4) is 0 Å². The molecule has 0 aromatic heterocycles. The Hall–Kier alpha value is -3.02. The zero-order valence-corrected chi connectivity index (χ0v) is 16.9. The predicted molar refractivity (Wildman–Crippen MR) is 111 cm³/mol. The molecule has 2 rings (SSSR count). The Kier molecular flexibility index (Phi) is 8.34. The minimum absolute atomic E-state index is 0.103. The average Bonchev–Trinajstić information content (AvgIpc) is 2.69. The van der Waals surface area contributed by atoms with Crippen LogP contribution in [-0.2, 0) is 4.79 Å². The molecule has 0 radical (unpaired) electrons. The van der Waals surface area contributed by atoms with Crippen LogP contribution in [-0.4, -0.2) is 31.9 Å². The number of carbonyl (C=O) groups excluding carboxylic acids is 1. The molecular weight excluding hydrogens is 356 g/mol. The number of nitrogens with zero attached hydrogens (tertiary/aromatic N) is 1. The first-order valence-corrected chi connectivity index (χ1v) is 9.48. The molecule has 0 saturated heterocycles. The van der Waals surface area contributed by atoms with Gasteiger partial charge in [-0.25, -0.2) is 5.43 Å². The van der Waals surface area contributed by atoms with Gasteiger partial charge < -0.3 is 14.2 Å². The van der Waals surface area contributed by atoms with Crippen LogP contribution in [0.15, 0.2) is 47.6 Å². The molecular formula is C22H28N2O4. The summed E-state index contributed by atoms with van der Waals surface area (Å²) in [7, 11) is 0. The number of para-hydroxylation sites is 1. The first kappa shape index (κ1) is 21.3. The van der Waals surface area contributed by atoms with Crippen LogP contribution in [0.2, 0.25) is 0 Å². The number of rotatable bonds is 10. The van der Waals surface area contributed by atoms with Crippen molar-refractivity contribution in [2.45, 2.75) is 33.6 Å². The van der Waals surface area contributed by atoms with Crippen LogP contribution in [0.4, 0.5) is 0 Å². The van der Waals surface area contributed by atoms with Gasteiger partial charge in [0.15, 0.2) is 18.1 Å². The molecule has 0 aliphatic rings. The van der Waals surface area contributed by atoms with Crippen LogP contribution >= 0.6 is 0 Å². The molecule has 0 unspecified atom stereocenters. The number of hydrogen-bond acceptors (Lipinski definition) is 5. The van der Waals surface area contributed by atoms with Gasteiger partial charge in [-0.15, -0.1) is 0 Å². The van der Waals surface area contributed by atoms with Gasteiger partial charge in [-0.2, -0.15) is 5.10 Å². The first-order valence-electron chi connectivity index (χ1n) is 9.48.